The second kappa shape index (κ2) is 7.86. The number of aryl methyl sites for hydroxylation is 1. The Morgan fingerprint density at radius 1 is 1.42 bits per heavy atom. The number of ether oxygens (including phenoxy) is 1. The summed E-state index contributed by atoms with van der Waals surface area (Å²) in [4.78, 5) is 11.7. The molecule has 0 heterocycles. The van der Waals surface area contributed by atoms with Gasteiger partial charge < -0.3 is 9.84 Å². The molecule has 4 nitrogen and oxygen atoms in total. The number of aliphatic hydroxyl groups excluding tert-OH is 1. The number of hydrogen-bond acceptors (Lipinski definition) is 4. The van der Waals surface area contributed by atoms with Crippen molar-refractivity contribution in [2.75, 3.05) is 12.4 Å². The normalized spacial score (nSPS) is 14.3. The first-order chi connectivity index (χ1) is 9.02. The molecule has 1 aromatic carbocycles. The Morgan fingerprint density at radius 3 is 2.63 bits per heavy atom. The molecule has 104 valence electrons. The first-order valence-electron chi connectivity index (χ1n) is 6.01. The molecule has 0 aromatic heterocycles. The second-order valence-electron chi connectivity index (χ2n) is 4.00. The molecule has 5 heteroatoms. The summed E-state index contributed by atoms with van der Waals surface area (Å²) < 4.78 is 16.6. The Morgan fingerprint density at radius 2 is 2.05 bits per heavy atom. The van der Waals surface area contributed by atoms with Gasteiger partial charge in [0, 0.05) is 11.0 Å². The predicted octanol–water partition coefficient (Wildman–Crippen LogP) is 1.58. The molecular formula is C14H18O4S. The highest BCUT2D eigenvalue weighted by Gasteiger charge is 2.09. The minimum absolute atomic E-state index is 0.0545. The first kappa shape index (κ1) is 15.6. The van der Waals surface area contributed by atoms with Crippen molar-refractivity contribution in [1.82, 2.24) is 0 Å². The van der Waals surface area contributed by atoms with Gasteiger partial charge in [0.15, 0.2) is 0 Å². The summed E-state index contributed by atoms with van der Waals surface area (Å²) in [5.74, 6) is -0.457. The molecule has 1 aromatic rings. The minimum atomic E-state index is -1.29. The maximum absolute atomic E-state index is 11.9. The Hall–Kier alpha value is -1.46. The van der Waals surface area contributed by atoms with E-state index in [0.29, 0.717) is 4.90 Å². The average molecular weight is 282 g/mol. The zero-order valence-electron chi connectivity index (χ0n) is 11.0. The number of carbonyl (C=O) groups is 1. The summed E-state index contributed by atoms with van der Waals surface area (Å²) in [5.41, 5.74) is 1.09. The zero-order chi connectivity index (χ0) is 14.3. The molecule has 2 atom stereocenters. The van der Waals surface area contributed by atoms with E-state index < -0.39 is 22.9 Å². The van der Waals surface area contributed by atoms with Crippen LogP contribution in [0.15, 0.2) is 41.3 Å². The van der Waals surface area contributed by atoms with Crippen LogP contribution in [0.3, 0.4) is 0 Å². The average Bonchev–Trinajstić information content (AvgIpc) is 2.37. The summed E-state index contributed by atoms with van der Waals surface area (Å²) in [6.07, 6.45) is 1.51. The molecule has 1 unspecified atom stereocenters. The molecule has 0 fully saturated rings. The second-order valence-corrected chi connectivity index (χ2v) is 5.50. The summed E-state index contributed by atoms with van der Waals surface area (Å²) in [6, 6.07) is 7.28. The summed E-state index contributed by atoms with van der Waals surface area (Å²) in [5, 5.41) is 9.66. The number of aliphatic hydroxyl groups is 1. The Kier molecular flexibility index (Phi) is 6.45. The molecule has 0 radical (unpaired) electrons. The Bertz CT molecular complexity index is 465. The molecule has 0 bridgehead atoms. The maximum Gasteiger partial charge on any atom is 0.330 e. The highest BCUT2D eigenvalue weighted by Crippen LogP contribution is 2.09. The lowest BCUT2D eigenvalue weighted by Crippen LogP contribution is -2.15. The molecule has 0 aliphatic rings. The van der Waals surface area contributed by atoms with Gasteiger partial charge in [-0.15, -0.1) is 0 Å². The third-order valence-corrected chi connectivity index (χ3v) is 3.79. The van der Waals surface area contributed by atoms with E-state index in [2.05, 4.69) is 4.74 Å². The van der Waals surface area contributed by atoms with Crippen LogP contribution >= 0.6 is 0 Å². The van der Waals surface area contributed by atoms with E-state index in [-0.39, 0.29) is 12.4 Å². The van der Waals surface area contributed by atoms with E-state index in [0.717, 1.165) is 11.6 Å². The van der Waals surface area contributed by atoms with Crippen molar-refractivity contribution in [2.24, 2.45) is 0 Å². The largest absolute Gasteiger partial charge is 0.463 e. The number of hydrogen-bond donors (Lipinski definition) is 1. The van der Waals surface area contributed by atoms with Crippen molar-refractivity contribution in [1.29, 1.82) is 0 Å². The van der Waals surface area contributed by atoms with Gasteiger partial charge in [-0.05, 0) is 32.1 Å². The molecule has 19 heavy (non-hydrogen) atoms. The maximum atomic E-state index is 11.9. The minimum Gasteiger partial charge on any atom is -0.463 e. The number of carbonyl (C=O) groups excluding carboxylic acids is 1. The van der Waals surface area contributed by atoms with Gasteiger partial charge in [0.25, 0.3) is 0 Å². The van der Waals surface area contributed by atoms with Crippen molar-refractivity contribution in [3.63, 3.8) is 0 Å². The van der Waals surface area contributed by atoms with Crippen LogP contribution in [0, 0.1) is 6.92 Å². The third kappa shape index (κ3) is 5.81. The summed E-state index contributed by atoms with van der Waals surface area (Å²) >= 11 is 0. The van der Waals surface area contributed by atoms with Crippen LogP contribution in [0.1, 0.15) is 12.5 Å². The summed E-state index contributed by atoms with van der Waals surface area (Å²) in [6.45, 7) is 3.94. The van der Waals surface area contributed by atoms with Gasteiger partial charge in [-0.25, -0.2) is 4.79 Å². The van der Waals surface area contributed by atoms with Crippen molar-refractivity contribution in [3.8, 4) is 0 Å². The fourth-order valence-electron chi connectivity index (χ4n) is 1.38. The van der Waals surface area contributed by atoms with Crippen LogP contribution in [0.2, 0.25) is 0 Å². The molecule has 1 rings (SSSR count). The van der Waals surface area contributed by atoms with E-state index >= 15 is 0 Å². The lowest BCUT2D eigenvalue weighted by Gasteiger charge is -2.06. The van der Waals surface area contributed by atoms with E-state index in [1.807, 2.05) is 19.1 Å². The highest BCUT2D eigenvalue weighted by atomic mass is 32.2. The van der Waals surface area contributed by atoms with E-state index in [1.54, 1.807) is 19.1 Å². The standard InChI is InChI=1S/C14H18O4S/c1-3-18-14(16)9-6-12(15)10-19(17)13-7-4-11(2)5-8-13/h4-9,12,15H,3,10H2,1-2H3/b9-6+/t12-,19?/m1/s1. The fraction of sp³-hybridized carbons (Fsp3) is 0.357. The number of benzene rings is 1. The molecular weight excluding hydrogens is 264 g/mol. The molecule has 1 N–H and O–H groups in total. The van der Waals surface area contributed by atoms with Crippen LogP contribution in [-0.4, -0.2) is 33.7 Å². The van der Waals surface area contributed by atoms with Gasteiger partial charge in [-0.2, -0.15) is 0 Å². The molecule has 0 saturated carbocycles. The lowest BCUT2D eigenvalue weighted by atomic mass is 10.2. The SMILES string of the molecule is CCOC(=O)/C=C/[C@@H](O)CS(=O)c1ccc(C)cc1. The van der Waals surface area contributed by atoms with Crippen LogP contribution in [-0.2, 0) is 20.3 Å². The Balaban J connectivity index is 2.52. The zero-order valence-corrected chi connectivity index (χ0v) is 11.9. The molecule has 0 aliphatic heterocycles. The van der Waals surface area contributed by atoms with Crippen molar-refractivity contribution >= 4 is 16.8 Å². The highest BCUT2D eigenvalue weighted by molar-refractivity contribution is 7.85. The first-order valence-corrected chi connectivity index (χ1v) is 7.33. The fourth-order valence-corrected chi connectivity index (χ4v) is 2.43. The van der Waals surface area contributed by atoms with Gasteiger partial charge in [0.05, 0.1) is 29.3 Å². The quantitative estimate of drug-likeness (QED) is 0.635. The topological polar surface area (TPSA) is 63.6 Å². The lowest BCUT2D eigenvalue weighted by molar-refractivity contribution is -0.137. The van der Waals surface area contributed by atoms with E-state index in [9.17, 15) is 14.1 Å². The van der Waals surface area contributed by atoms with Crippen molar-refractivity contribution in [3.05, 3.63) is 42.0 Å². The molecule has 0 amide bonds. The van der Waals surface area contributed by atoms with Gasteiger partial charge >= 0.3 is 5.97 Å². The van der Waals surface area contributed by atoms with Gasteiger partial charge in [0.1, 0.15) is 0 Å². The van der Waals surface area contributed by atoms with Crippen LogP contribution in [0.4, 0.5) is 0 Å². The van der Waals surface area contributed by atoms with Crippen molar-refractivity contribution < 1.29 is 18.8 Å². The van der Waals surface area contributed by atoms with E-state index in [4.69, 9.17) is 0 Å². The van der Waals surface area contributed by atoms with Crippen LogP contribution < -0.4 is 0 Å². The Labute approximate surface area is 115 Å². The third-order valence-electron chi connectivity index (χ3n) is 2.35. The molecule has 0 aliphatic carbocycles. The van der Waals surface area contributed by atoms with Crippen LogP contribution in [0.5, 0.6) is 0 Å². The van der Waals surface area contributed by atoms with Gasteiger partial charge in [-0.3, -0.25) is 4.21 Å². The van der Waals surface area contributed by atoms with Crippen molar-refractivity contribution in [2.45, 2.75) is 24.8 Å². The predicted molar refractivity (Wildman–Crippen MR) is 74.2 cm³/mol. The van der Waals surface area contributed by atoms with Crippen LogP contribution in [0.25, 0.3) is 0 Å². The summed E-state index contributed by atoms with van der Waals surface area (Å²) in [7, 11) is -1.29. The van der Waals surface area contributed by atoms with E-state index in [1.165, 1.54) is 6.08 Å². The van der Waals surface area contributed by atoms with Gasteiger partial charge in [0.2, 0.25) is 0 Å². The monoisotopic (exact) mass is 282 g/mol. The molecule has 0 spiro atoms. The van der Waals surface area contributed by atoms with Gasteiger partial charge in [-0.1, -0.05) is 17.7 Å². The number of esters is 1. The smallest absolute Gasteiger partial charge is 0.330 e. The molecule has 0 saturated heterocycles. The number of rotatable bonds is 6.